The van der Waals surface area contributed by atoms with E-state index in [9.17, 15) is 4.79 Å². The Kier molecular flexibility index (Phi) is 3.62. The Morgan fingerprint density at radius 3 is 3.00 bits per heavy atom. The van der Waals surface area contributed by atoms with Crippen LogP contribution in [0.15, 0.2) is 22.6 Å². The number of aromatic nitrogens is 1. The van der Waals surface area contributed by atoms with Crippen LogP contribution in [0.25, 0.3) is 11.1 Å². The third-order valence-corrected chi connectivity index (χ3v) is 2.91. The van der Waals surface area contributed by atoms with Crippen molar-refractivity contribution < 1.29 is 9.21 Å². The number of carbonyl (C=O) groups excluding carboxylic acids is 1. The molecule has 1 atom stereocenters. The number of nitrogens with zero attached hydrogens (tertiary/aromatic N) is 1. The van der Waals surface area contributed by atoms with Crippen molar-refractivity contribution in [3.8, 4) is 0 Å². The van der Waals surface area contributed by atoms with E-state index in [1.165, 1.54) is 0 Å². The van der Waals surface area contributed by atoms with E-state index in [0.29, 0.717) is 23.7 Å². The molecule has 96 valence electrons. The molecule has 0 bridgehead atoms. The molecular weight excluding hydrogens is 230 g/mol. The van der Waals surface area contributed by atoms with Gasteiger partial charge in [0.25, 0.3) is 0 Å². The molecule has 1 aromatic heterocycles. The number of nitrogens with one attached hydrogen (secondary N) is 1. The SMILES string of the molecule is CCC(CN)C(=O)Nc1ccc2nc(C)oc2c1. The molecular formula is C13H17N3O2. The fourth-order valence-electron chi connectivity index (χ4n) is 1.82. The number of aryl methyl sites for hydroxylation is 1. The molecule has 5 heteroatoms. The van der Waals surface area contributed by atoms with Crippen LogP contribution in [0.1, 0.15) is 19.2 Å². The largest absolute Gasteiger partial charge is 0.441 e. The first-order chi connectivity index (χ1) is 8.63. The zero-order valence-corrected chi connectivity index (χ0v) is 10.6. The van der Waals surface area contributed by atoms with Crippen molar-refractivity contribution in [2.75, 3.05) is 11.9 Å². The molecule has 2 rings (SSSR count). The number of amides is 1. The van der Waals surface area contributed by atoms with E-state index < -0.39 is 0 Å². The summed E-state index contributed by atoms with van der Waals surface area (Å²) >= 11 is 0. The van der Waals surface area contributed by atoms with Crippen molar-refractivity contribution in [1.82, 2.24) is 4.98 Å². The number of nitrogens with two attached hydrogens (primary N) is 1. The smallest absolute Gasteiger partial charge is 0.228 e. The monoisotopic (exact) mass is 247 g/mol. The highest BCUT2D eigenvalue weighted by atomic mass is 16.3. The summed E-state index contributed by atoms with van der Waals surface area (Å²) in [4.78, 5) is 16.1. The number of carbonyl (C=O) groups is 1. The van der Waals surface area contributed by atoms with E-state index in [1.807, 2.05) is 19.1 Å². The summed E-state index contributed by atoms with van der Waals surface area (Å²) in [6.45, 7) is 4.09. The Labute approximate surface area is 105 Å². The van der Waals surface area contributed by atoms with Gasteiger partial charge in [-0.2, -0.15) is 0 Å². The molecule has 0 radical (unpaired) electrons. The molecule has 0 aliphatic rings. The highest BCUT2D eigenvalue weighted by Gasteiger charge is 2.14. The Balaban J connectivity index is 2.18. The number of benzene rings is 1. The number of fused-ring (bicyclic) bond motifs is 1. The average Bonchev–Trinajstić information content (AvgIpc) is 2.70. The van der Waals surface area contributed by atoms with Gasteiger partial charge >= 0.3 is 0 Å². The Hall–Kier alpha value is -1.88. The van der Waals surface area contributed by atoms with Gasteiger partial charge in [0.05, 0.1) is 5.92 Å². The molecule has 3 N–H and O–H groups in total. The van der Waals surface area contributed by atoms with Crippen LogP contribution in [-0.4, -0.2) is 17.4 Å². The van der Waals surface area contributed by atoms with Crippen LogP contribution in [0, 0.1) is 12.8 Å². The third-order valence-electron chi connectivity index (χ3n) is 2.91. The van der Waals surface area contributed by atoms with Crippen LogP contribution in [0.5, 0.6) is 0 Å². The summed E-state index contributed by atoms with van der Waals surface area (Å²) in [6.07, 6.45) is 0.728. The summed E-state index contributed by atoms with van der Waals surface area (Å²) in [5.74, 6) is 0.398. The van der Waals surface area contributed by atoms with Crippen LogP contribution in [0.2, 0.25) is 0 Å². The van der Waals surface area contributed by atoms with Crippen LogP contribution in [0.4, 0.5) is 5.69 Å². The predicted molar refractivity (Wildman–Crippen MR) is 70.2 cm³/mol. The number of hydrogen-bond donors (Lipinski definition) is 2. The first-order valence-corrected chi connectivity index (χ1v) is 6.02. The summed E-state index contributed by atoms with van der Waals surface area (Å²) in [5.41, 5.74) is 7.71. The van der Waals surface area contributed by atoms with E-state index in [0.717, 1.165) is 11.9 Å². The van der Waals surface area contributed by atoms with Crippen molar-refractivity contribution in [3.63, 3.8) is 0 Å². The second kappa shape index (κ2) is 5.18. The van der Waals surface area contributed by atoms with Crippen LogP contribution < -0.4 is 11.1 Å². The summed E-state index contributed by atoms with van der Waals surface area (Å²) in [6, 6.07) is 5.41. The minimum absolute atomic E-state index is 0.0596. The second-order valence-electron chi connectivity index (χ2n) is 4.25. The molecule has 5 nitrogen and oxygen atoms in total. The summed E-state index contributed by atoms with van der Waals surface area (Å²) in [7, 11) is 0. The maximum Gasteiger partial charge on any atom is 0.228 e. The van der Waals surface area contributed by atoms with Crippen molar-refractivity contribution in [3.05, 3.63) is 24.1 Å². The fraction of sp³-hybridized carbons (Fsp3) is 0.385. The summed E-state index contributed by atoms with van der Waals surface area (Å²) in [5, 5.41) is 2.84. The van der Waals surface area contributed by atoms with Gasteiger partial charge in [0.1, 0.15) is 5.52 Å². The van der Waals surface area contributed by atoms with Gasteiger partial charge in [-0.3, -0.25) is 4.79 Å². The van der Waals surface area contributed by atoms with E-state index in [2.05, 4.69) is 10.3 Å². The van der Waals surface area contributed by atoms with E-state index >= 15 is 0 Å². The van der Waals surface area contributed by atoms with Gasteiger partial charge in [-0.1, -0.05) is 6.92 Å². The zero-order chi connectivity index (χ0) is 13.1. The Bertz CT molecular complexity index is 558. The van der Waals surface area contributed by atoms with Gasteiger partial charge in [0.15, 0.2) is 11.5 Å². The number of anilines is 1. The lowest BCUT2D eigenvalue weighted by Gasteiger charge is -2.12. The number of oxazole rings is 1. The number of hydrogen-bond acceptors (Lipinski definition) is 4. The van der Waals surface area contributed by atoms with E-state index in [1.54, 1.807) is 13.0 Å². The van der Waals surface area contributed by atoms with Gasteiger partial charge in [0.2, 0.25) is 5.91 Å². The molecule has 0 aliphatic heterocycles. The predicted octanol–water partition coefficient (Wildman–Crippen LogP) is 2.06. The third kappa shape index (κ3) is 2.51. The van der Waals surface area contributed by atoms with Crippen molar-refractivity contribution in [2.45, 2.75) is 20.3 Å². The Morgan fingerprint density at radius 1 is 1.56 bits per heavy atom. The van der Waals surface area contributed by atoms with Crippen molar-refractivity contribution in [2.24, 2.45) is 11.7 Å². The fourth-order valence-corrected chi connectivity index (χ4v) is 1.82. The molecule has 0 aliphatic carbocycles. The molecule has 1 amide bonds. The van der Waals surface area contributed by atoms with Gasteiger partial charge in [-0.05, 0) is 18.6 Å². The highest BCUT2D eigenvalue weighted by molar-refractivity contribution is 5.94. The van der Waals surface area contributed by atoms with Crippen LogP contribution >= 0.6 is 0 Å². The number of rotatable bonds is 4. The molecule has 2 aromatic rings. The lowest BCUT2D eigenvalue weighted by atomic mass is 10.1. The molecule has 0 fully saturated rings. The molecule has 0 spiro atoms. The second-order valence-corrected chi connectivity index (χ2v) is 4.25. The first-order valence-electron chi connectivity index (χ1n) is 6.02. The average molecular weight is 247 g/mol. The van der Waals surface area contributed by atoms with Gasteiger partial charge in [-0.25, -0.2) is 4.98 Å². The van der Waals surface area contributed by atoms with E-state index in [-0.39, 0.29) is 11.8 Å². The quantitative estimate of drug-likeness (QED) is 0.866. The van der Waals surface area contributed by atoms with Gasteiger partial charge in [-0.15, -0.1) is 0 Å². The first kappa shape index (κ1) is 12.6. The van der Waals surface area contributed by atoms with Crippen molar-refractivity contribution in [1.29, 1.82) is 0 Å². The standard InChI is InChI=1S/C13H17N3O2/c1-3-9(7-14)13(17)16-10-4-5-11-12(6-10)18-8(2)15-11/h4-6,9H,3,7,14H2,1-2H3,(H,16,17). The molecule has 0 saturated carbocycles. The summed E-state index contributed by atoms with van der Waals surface area (Å²) < 4.78 is 5.42. The maximum atomic E-state index is 11.9. The van der Waals surface area contributed by atoms with E-state index in [4.69, 9.17) is 10.2 Å². The molecule has 0 saturated heterocycles. The van der Waals surface area contributed by atoms with Gasteiger partial charge < -0.3 is 15.5 Å². The lowest BCUT2D eigenvalue weighted by molar-refractivity contribution is -0.119. The zero-order valence-electron chi connectivity index (χ0n) is 10.6. The highest BCUT2D eigenvalue weighted by Crippen LogP contribution is 2.20. The molecule has 1 heterocycles. The van der Waals surface area contributed by atoms with Crippen molar-refractivity contribution >= 4 is 22.7 Å². The minimum atomic E-state index is -0.155. The van der Waals surface area contributed by atoms with Crippen LogP contribution in [0.3, 0.4) is 0 Å². The molecule has 18 heavy (non-hydrogen) atoms. The van der Waals surface area contributed by atoms with Gasteiger partial charge in [0, 0.05) is 25.2 Å². The van der Waals surface area contributed by atoms with Crippen LogP contribution in [-0.2, 0) is 4.79 Å². The lowest BCUT2D eigenvalue weighted by Crippen LogP contribution is -2.28. The Morgan fingerprint density at radius 2 is 2.33 bits per heavy atom. The maximum absolute atomic E-state index is 11.9. The normalized spacial score (nSPS) is 12.6. The molecule has 1 aromatic carbocycles. The minimum Gasteiger partial charge on any atom is -0.441 e. The molecule has 1 unspecified atom stereocenters. The topological polar surface area (TPSA) is 81.2 Å².